The molecule has 0 amide bonds. The lowest BCUT2D eigenvalue weighted by molar-refractivity contribution is 0.629. The molecule has 0 fully saturated rings. The zero-order valence-corrected chi connectivity index (χ0v) is 9.71. The highest BCUT2D eigenvalue weighted by Gasteiger charge is 2.08. The summed E-state index contributed by atoms with van der Waals surface area (Å²) in [6.45, 7) is 4.15. The predicted octanol–water partition coefficient (Wildman–Crippen LogP) is 3.54. The number of anilines is 1. The lowest BCUT2D eigenvalue weighted by Gasteiger charge is -2.11. The van der Waals surface area contributed by atoms with Gasteiger partial charge in [-0.1, -0.05) is 13.8 Å². The largest absolute Gasteiger partial charge is 0.388 e. The van der Waals surface area contributed by atoms with E-state index in [1.165, 1.54) is 12.1 Å². The molecule has 0 aliphatic heterocycles. The van der Waals surface area contributed by atoms with Crippen molar-refractivity contribution in [1.82, 2.24) is 4.98 Å². The van der Waals surface area contributed by atoms with E-state index in [0.29, 0.717) is 11.4 Å². The quantitative estimate of drug-likeness (QED) is 0.834. The van der Waals surface area contributed by atoms with E-state index in [2.05, 4.69) is 24.1 Å². The molecule has 2 rings (SSSR count). The molecule has 1 heterocycles. The van der Waals surface area contributed by atoms with Crippen LogP contribution in [0.4, 0.5) is 10.1 Å². The molecular weight excluding hydrogens is 203 g/mol. The van der Waals surface area contributed by atoms with Gasteiger partial charge in [0.2, 0.25) is 0 Å². The molecule has 16 heavy (non-hydrogen) atoms. The molecule has 0 saturated carbocycles. The van der Waals surface area contributed by atoms with Gasteiger partial charge in [-0.05, 0) is 24.1 Å². The second kappa shape index (κ2) is 4.08. The molecule has 0 aliphatic rings. The van der Waals surface area contributed by atoms with E-state index >= 15 is 0 Å². The Morgan fingerprint density at radius 3 is 2.62 bits per heavy atom. The van der Waals surface area contributed by atoms with Crippen LogP contribution >= 0.6 is 0 Å². The summed E-state index contributed by atoms with van der Waals surface area (Å²) in [5.74, 6) is 0.0859. The van der Waals surface area contributed by atoms with Crippen molar-refractivity contribution in [3.63, 3.8) is 0 Å². The molecule has 0 spiro atoms. The SMILES string of the molecule is CNc1cc(C(C)C)nc2cc(F)ccc12. The molecule has 3 heteroatoms. The van der Waals surface area contributed by atoms with E-state index < -0.39 is 0 Å². The van der Waals surface area contributed by atoms with Crippen LogP contribution in [0.25, 0.3) is 10.9 Å². The first-order chi connectivity index (χ1) is 7.61. The van der Waals surface area contributed by atoms with Gasteiger partial charge in [0.1, 0.15) is 5.82 Å². The van der Waals surface area contributed by atoms with Gasteiger partial charge in [-0.3, -0.25) is 4.98 Å². The standard InChI is InChI=1S/C13H15FN2/c1-8(2)11-7-12(15-3)10-5-4-9(14)6-13(10)16-11/h4-8H,1-3H3,(H,15,16). The normalized spacial score (nSPS) is 11.1. The van der Waals surface area contributed by atoms with Crippen LogP contribution in [-0.4, -0.2) is 12.0 Å². The van der Waals surface area contributed by atoms with Crippen LogP contribution in [0.3, 0.4) is 0 Å². The third-order valence-electron chi connectivity index (χ3n) is 2.65. The van der Waals surface area contributed by atoms with Gasteiger partial charge in [0.15, 0.2) is 0 Å². The number of halogens is 1. The van der Waals surface area contributed by atoms with Gasteiger partial charge in [0, 0.05) is 29.9 Å². The molecule has 0 aliphatic carbocycles. The van der Waals surface area contributed by atoms with Gasteiger partial charge in [0.05, 0.1) is 5.52 Å². The molecule has 1 aromatic heterocycles. The van der Waals surface area contributed by atoms with E-state index in [4.69, 9.17) is 0 Å². The summed E-state index contributed by atoms with van der Waals surface area (Å²) in [5.41, 5.74) is 2.67. The van der Waals surface area contributed by atoms with Gasteiger partial charge < -0.3 is 5.32 Å². The maximum Gasteiger partial charge on any atom is 0.125 e. The zero-order valence-electron chi connectivity index (χ0n) is 9.71. The van der Waals surface area contributed by atoms with Crippen LogP contribution < -0.4 is 5.32 Å². The minimum atomic E-state index is -0.247. The van der Waals surface area contributed by atoms with E-state index in [9.17, 15) is 4.39 Å². The summed E-state index contributed by atoms with van der Waals surface area (Å²) in [7, 11) is 1.86. The average molecular weight is 218 g/mol. The highest BCUT2D eigenvalue weighted by atomic mass is 19.1. The Bertz CT molecular complexity index is 521. The third kappa shape index (κ3) is 1.85. The van der Waals surface area contributed by atoms with Gasteiger partial charge in [0.25, 0.3) is 0 Å². The second-order valence-electron chi connectivity index (χ2n) is 4.16. The summed E-state index contributed by atoms with van der Waals surface area (Å²) in [6.07, 6.45) is 0. The smallest absolute Gasteiger partial charge is 0.125 e. The third-order valence-corrected chi connectivity index (χ3v) is 2.65. The van der Waals surface area contributed by atoms with Gasteiger partial charge >= 0.3 is 0 Å². The summed E-state index contributed by atoms with van der Waals surface area (Å²) in [6, 6.07) is 6.71. The molecule has 2 aromatic rings. The minimum Gasteiger partial charge on any atom is -0.388 e. The molecule has 0 saturated heterocycles. The Kier molecular flexibility index (Phi) is 2.77. The zero-order chi connectivity index (χ0) is 11.7. The van der Waals surface area contributed by atoms with Crippen LogP contribution in [0.2, 0.25) is 0 Å². The van der Waals surface area contributed by atoms with Crippen molar-refractivity contribution in [1.29, 1.82) is 0 Å². The summed E-state index contributed by atoms with van der Waals surface area (Å²) in [5, 5.41) is 4.07. The topological polar surface area (TPSA) is 24.9 Å². The maximum atomic E-state index is 13.1. The van der Waals surface area contributed by atoms with Crippen molar-refractivity contribution in [2.75, 3.05) is 12.4 Å². The Morgan fingerprint density at radius 1 is 1.25 bits per heavy atom. The van der Waals surface area contributed by atoms with Crippen LogP contribution in [0.5, 0.6) is 0 Å². The van der Waals surface area contributed by atoms with Gasteiger partial charge in [-0.15, -0.1) is 0 Å². The first-order valence-electron chi connectivity index (χ1n) is 5.39. The van der Waals surface area contributed by atoms with E-state index in [0.717, 1.165) is 16.8 Å². The number of nitrogens with one attached hydrogen (secondary N) is 1. The van der Waals surface area contributed by atoms with E-state index in [1.54, 1.807) is 6.07 Å². The van der Waals surface area contributed by atoms with Crippen LogP contribution in [0, 0.1) is 5.82 Å². The van der Waals surface area contributed by atoms with Gasteiger partial charge in [-0.25, -0.2) is 4.39 Å². The highest BCUT2D eigenvalue weighted by Crippen LogP contribution is 2.26. The van der Waals surface area contributed by atoms with Crippen molar-refractivity contribution >= 4 is 16.6 Å². The number of fused-ring (bicyclic) bond motifs is 1. The molecule has 2 nitrogen and oxygen atoms in total. The monoisotopic (exact) mass is 218 g/mol. The predicted molar refractivity (Wildman–Crippen MR) is 65.3 cm³/mol. The molecule has 1 aromatic carbocycles. The first kappa shape index (κ1) is 10.9. The number of nitrogens with zero attached hydrogens (tertiary/aromatic N) is 1. The fraction of sp³-hybridized carbons (Fsp3) is 0.308. The maximum absolute atomic E-state index is 13.1. The van der Waals surface area contributed by atoms with Crippen LogP contribution in [-0.2, 0) is 0 Å². The van der Waals surface area contributed by atoms with Crippen LogP contribution in [0.1, 0.15) is 25.5 Å². The number of pyridine rings is 1. The van der Waals surface area contributed by atoms with Gasteiger partial charge in [-0.2, -0.15) is 0 Å². The second-order valence-corrected chi connectivity index (χ2v) is 4.16. The average Bonchev–Trinajstić information content (AvgIpc) is 2.26. The molecule has 0 atom stereocenters. The lowest BCUT2D eigenvalue weighted by Crippen LogP contribution is -1.98. The molecule has 0 radical (unpaired) electrons. The van der Waals surface area contributed by atoms with Crippen molar-refractivity contribution in [3.8, 4) is 0 Å². The number of aromatic nitrogens is 1. The summed E-state index contributed by atoms with van der Waals surface area (Å²) in [4.78, 5) is 4.46. The first-order valence-corrected chi connectivity index (χ1v) is 5.39. The molecule has 84 valence electrons. The van der Waals surface area contributed by atoms with Crippen molar-refractivity contribution in [2.45, 2.75) is 19.8 Å². The van der Waals surface area contributed by atoms with E-state index in [1.807, 2.05) is 13.1 Å². The summed E-state index contributed by atoms with van der Waals surface area (Å²) < 4.78 is 13.1. The lowest BCUT2D eigenvalue weighted by atomic mass is 10.1. The number of hydrogen-bond donors (Lipinski definition) is 1. The molecule has 1 N–H and O–H groups in total. The minimum absolute atomic E-state index is 0.247. The number of hydrogen-bond acceptors (Lipinski definition) is 2. The van der Waals surface area contributed by atoms with Crippen molar-refractivity contribution in [2.24, 2.45) is 0 Å². The Morgan fingerprint density at radius 2 is 2.00 bits per heavy atom. The fourth-order valence-electron chi connectivity index (χ4n) is 1.72. The fourth-order valence-corrected chi connectivity index (χ4v) is 1.72. The molecule has 0 unspecified atom stereocenters. The Labute approximate surface area is 94.5 Å². The Balaban J connectivity index is 2.73. The number of benzene rings is 1. The summed E-state index contributed by atoms with van der Waals surface area (Å²) >= 11 is 0. The van der Waals surface area contributed by atoms with Crippen LogP contribution in [0.15, 0.2) is 24.3 Å². The molecule has 0 bridgehead atoms. The van der Waals surface area contributed by atoms with E-state index in [-0.39, 0.29) is 5.82 Å². The number of rotatable bonds is 2. The van der Waals surface area contributed by atoms with Crippen molar-refractivity contribution in [3.05, 3.63) is 35.8 Å². The Hall–Kier alpha value is -1.64. The van der Waals surface area contributed by atoms with Crippen molar-refractivity contribution < 1.29 is 4.39 Å². The highest BCUT2D eigenvalue weighted by molar-refractivity contribution is 5.91. The molecular formula is C13H15FN2.